The van der Waals surface area contributed by atoms with Crippen LogP contribution in [0.2, 0.25) is 0 Å². The molecule has 4 fully saturated rings. The minimum Gasteiger partial charge on any atom is -0.481 e. The van der Waals surface area contributed by atoms with Gasteiger partial charge in [0.25, 0.3) is 0 Å². The molecule has 65 heavy (non-hydrogen) atoms. The summed E-state index contributed by atoms with van der Waals surface area (Å²) in [6.45, 7) is 1.60. The Hall–Kier alpha value is -4.44. The maximum absolute atomic E-state index is 17.9. The summed E-state index contributed by atoms with van der Waals surface area (Å²) in [7, 11) is -5.14. The second-order valence-electron chi connectivity index (χ2n) is 17.8. The van der Waals surface area contributed by atoms with Crippen molar-refractivity contribution >= 4 is 64.7 Å². The number of alkyl halides is 2. The van der Waals surface area contributed by atoms with Crippen LogP contribution >= 0.6 is 23.8 Å². The lowest BCUT2D eigenvalue weighted by atomic mass is 9.44. The van der Waals surface area contributed by atoms with E-state index in [1.807, 2.05) is 0 Å². The standard InChI is InChI=1S/C43H51BrFN4O15P/c1-40-9-7-28(51)14-26(40)3-4-29-30-15-34-43(33(53)22-62-65(59,60)61,41(30,2)16-32(52)42(29,40)45)64-39(63-34)25-8-10-49(20-25)19-23-11-24(21-50)13-27(12-23)47-38(58)31(5-6-37(56)57)48-36(55)18-46-35(54)17-44/h7-14,20,29-32,34,39,50,52H,3-6,15-19,21-22H2,1-2H3,(H,46,54)(H,47,58)(H,48,55)(H,56,57)(H2,59,60,61)/t29-,30-,31-,32-,34+,39+,40-,41-,42-,43+/m0/s1. The molecule has 4 aliphatic carbocycles. The number of benzene rings is 1. The molecule has 0 spiro atoms. The highest BCUT2D eigenvalue weighted by molar-refractivity contribution is 9.09. The number of nitrogens with zero attached hydrogens (tertiary/aromatic N) is 1. The number of aliphatic hydroxyl groups is 2. The van der Waals surface area contributed by atoms with Crippen molar-refractivity contribution in [1.82, 2.24) is 15.2 Å². The molecule has 19 nitrogen and oxygen atoms in total. The van der Waals surface area contributed by atoms with E-state index < -0.39 is 122 Å². The number of ether oxygens (including phenoxy) is 2. The highest BCUT2D eigenvalue weighted by Gasteiger charge is 2.79. The van der Waals surface area contributed by atoms with Gasteiger partial charge in [-0.1, -0.05) is 40.6 Å². The first-order valence-electron chi connectivity index (χ1n) is 21.0. The first-order chi connectivity index (χ1) is 30.6. The molecule has 2 heterocycles. The average Bonchev–Trinajstić information content (AvgIpc) is 3.93. The van der Waals surface area contributed by atoms with Gasteiger partial charge >= 0.3 is 13.8 Å². The number of amides is 3. The molecular weight excluding hydrogens is 942 g/mol. The zero-order chi connectivity index (χ0) is 47.3. The van der Waals surface area contributed by atoms with E-state index in [1.54, 1.807) is 49.0 Å². The number of Topliss-reactive ketones (excluding diaryl/α,β-unsaturated/α-hetero) is 1. The number of allylic oxidation sites excluding steroid dienone is 4. The minimum atomic E-state index is -5.14. The summed E-state index contributed by atoms with van der Waals surface area (Å²) >= 11 is 2.97. The number of fused-ring (bicyclic) bond motifs is 7. The molecule has 0 bridgehead atoms. The third-order valence-corrected chi connectivity index (χ3v) is 14.9. The largest absolute Gasteiger partial charge is 0.481 e. The molecule has 1 saturated heterocycles. The van der Waals surface area contributed by atoms with Crippen LogP contribution in [0.25, 0.3) is 0 Å². The Bertz CT molecular complexity index is 2390. The number of aliphatic carboxylic acids is 1. The van der Waals surface area contributed by atoms with Gasteiger partial charge in [-0.25, -0.2) is 8.96 Å². The molecular formula is C43H51BrFN4O15P. The Balaban J connectivity index is 1.11. The maximum atomic E-state index is 17.9. The van der Waals surface area contributed by atoms with Crippen molar-refractivity contribution in [3.05, 3.63) is 77.2 Å². The van der Waals surface area contributed by atoms with Crippen LogP contribution in [0.5, 0.6) is 0 Å². The van der Waals surface area contributed by atoms with Crippen molar-refractivity contribution in [2.24, 2.45) is 22.7 Å². The van der Waals surface area contributed by atoms with Crippen molar-refractivity contribution in [2.75, 3.05) is 23.8 Å². The number of carboxylic acid groups (broad SMARTS) is 1. The van der Waals surface area contributed by atoms with Gasteiger partial charge in [-0.2, -0.15) is 0 Å². The number of phosphoric ester groups is 1. The third kappa shape index (κ3) is 9.06. The van der Waals surface area contributed by atoms with Crippen molar-refractivity contribution in [1.29, 1.82) is 0 Å². The Morgan fingerprint density at radius 2 is 1.85 bits per heavy atom. The van der Waals surface area contributed by atoms with E-state index in [9.17, 15) is 58.4 Å². The van der Waals surface area contributed by atoms with Gasteiger partial charge in [0, 0.05) is 53.4 Å². The van der Waals surface area contributed by atoms with E-state index >= 15 is 4.39 Å². The number of hydrogen-bond donors (Lipinski definition) is 8. The van der Waals surface area contributed by atoms with Crippen molar-refractivity contribution < 1.29 is 76.8 Å². The summed E-state index contributed by atoms with van der Waals surface area (Å²) in [6.07, 6.45) is 3.41. The third-order valence-electron chi connectivity index (χ3n) is 13.9. The molecule has 7 rings (SSSR count). The van der Waals surface area contributed by atoms with Gasteiger partial charge in [-0.05, 0) is 86.4 Å². The number of phosphoric acid groups is 1. The fraction of sp³-hybridized carbons (Fsp3) is 0.535. The summed E-state index contributed by atoms with van der Waals surface area (Å²) < 4.78 is 49.3. The van der Waals surface area contributed by atoms with E-state index in [0.29, 0.717) is 28.7 Å². The number of ketones is 2. The fourth-order valence-electron chi connectivity index (χ4n) is 11.0. The summed E-state index contributed by atoms with van der Waals surface area (Å²) in [5.74, 6) is -5.69. The summed E-state index contributed by atoms with van der Waals surface area (Å²) in [6, 6.07) is 5.16. The molecule has 0 unspecified atom stereocenters. The highest BCUT2D eigenvalue weighted by Crippen LogP contribution is 2.72. The Kier molecular flexibility index (Phi) is 13.7. The highest BCUT2D eigenvalue weighted by atomic mass is 79.9. The number of carbonyl (C=O) groups is 6. The second-order valence-corrected chi connectivity index (χ2v) is 19.6. The number of hydrogen-bond acceptors (Lipinski definition) is 12. The van der Waals surface area contributed by atoms with Crippen molar-refractivity contribution in [3.63, 3.8) is 0 Å². The monoisotopic (exact) mass is 992 g/mol. The number of carbonyl (C=O) groups excluding carboxylic acids is 5. The lowest BCUT2D eigenvalue weighted by Gasteiger charge is -2.62. The number of aliphatic hydroxyl groups excluding tert-OH is 2. The Labute approximate surface area is 380 Å². The average molecular weight is 994 g/mol. The first-order valence-corrected chi connectivity index (χ1v) is 23.6. The van der Waals surface area contributed by atoms with E-state index in [4.69, 9.17) is 14.0 Å². The topological polar surface area (TPSA) is 289 Å². The molecule has 1 aromatic heterocycles. The molecule has 1 aromatic carbocycles. The van der Waals surface area contributed by atoms with Crippen LogP contribution in [0.4, 0.5) is 10.1 Å². The van der Waals surface area contributed by atoms with E-state index in [-0.39, 0.29) is 49.0 Å². The summed E-state index contributed by atoms with van der Waals surface area (Å²) in [5.41, 5.74) is -4.58. The van der Waals surface area contributed by atoms with Crippen molar-refractivity contribution in [2.45, 2.75) is 101 Å². The van der Waals surface area contributed by atoms with Gasteiger partial charge in [0.05, 0.1) is 30.7 Å². The van der Waals surface area contributed by atoms with Gasteiger partial charge in [0.2, 0.25) is 17.7 Å². The Morgan fingerprint density at radius 1 is 1.11 bits per heavy atom. The molecule has 8 N–H and O–H groups in total. The lowest BCUT2D eigenvalue weighted by Crippen LogP contribution is -2.69. The number of rotatable bonds is 17. The number of nitrogens with one attached hydrogen (secondary N) is 3. The predicted molar refractivity (Wildman–Crippen MR) is 228 cm³/mol. The quantitative estimate of drug-likeness (QED) is 0.0836. The van der Waals surface area contributed by atoms with Crippen LogP contribution in [-0.2, 0) is 60.5 Å². The van der Waals surface area contributed by atoms with Crippen LogP contribution < -0.4 is 16.0 Å². The van der Waals surface area contributed by atoms with Crippen LogP contribution in [0.15, 0.2) is 60.5 Å². The fourth-order valence-corrected chi connectivity index (χ4v) is 11.5. The molecule has 5 aliphatic rings. The number of aromatic nitrogens is 1. The second kappa shape index (κ2) is 18.3. The molecule has 352 valence electrons. The molecule has 2 aromatic rings. The summed E-state index contributed by atoms with van der Waals surface area (Å²) in [4.78, 5) is 94.7. The number of halogens is 2. The van der Waals surface area contributed by atoms with Crippen LogP contribution in [-0.4, -0.2) is 113 Å². The smallest absolute Gasteiger partial charge is 0.470 e. The molecule has 3 amide bonds. The molecule has 10 atom stereocenters. The molecule has 0 radical (unpaired) electrons. The Morgan fingerprint density at radius 3 is 2.54 bits per heavy atom. The van der Waals surface area contributed by atoms with Crippen LogP contribution in [0.1, 0.15) is 75.4 Å². The molecule has 22 heteroatoms. The van der Waals surface area contributed by atoms with Gasteiger partial charge in [0.1, 0.15) is 12.6 Å². The van der Waals surface area contributed by atoms with Crippen LogP contribution in [0.3, 0.4) is 0 Å². The maximum Gasteiger partial charge on any atom is 0.470 e. The van der Waals surface area contributed by atoms with Crippen molar-refractivity contribution in [3.8, 4) is 0 Å². The summed E-state index contributed by atoms with van der Waals surface area (Å²) in [5, 5.41) is 38.7. The number of anilines is 1. The van der Waals surface area contributed by atoms with E-state index in [2.05, 4.69) is 31.9 Å². The van der Waals surface area contributed by atoms with E-state index in [1.165, 1.54) is 24.3 Å². The zero-order valence-corrected chi connectivity index (χ0v) is 37.9. The van der Waals surface area contributed by atoms with Gasteiger partial charge in [0.15, 0.2) is 29.1 Å². The molecule has 3 saturated carbocycles. The predicted octanol–water partition coefficient (Wildman–Crippen LogP) is 2.64. The SMILES string of the molecule is C[C@]12C=CC(=O)C=C1CC[C@H]1[C@@H]3C[C@H]4O[C@@H](c5ccn(Cc6cc(CO)cc(NC(=O)[C@H](CCC(=O)O)NC(=O)CNC(=O)CBr)c6)c5)O[C@@]4(C(=O)COP(=O)(O)O)[C@@]3(C)C[C@H](O)[C@@]12F. The minimum absolute atomic E-state index is 0.0555. The normalized spacial score (nSPS) is 31.7. The van der Waals surface area contributed by atoms with Crippen LogP contribution in [0, 0.1) is 22.7 Å². The van der Waals surface area contributed by atoms with Gasteiger partial charge in [-0.3, -0.25) is 33.3 Å². The number of carboxylic acids is 1. The van der Waals surface area contributed by atoms with E-state index in [0.717, 1.165) is 0 Å². The first kappa shape index (κ1) is 48.5. The zero-order valence-electron chi connectivity index (χ0n) is 35.4. The van der Waals surface area contributed by atoms with Gasteiger partial charge in [-0.15, -0.1) is 0 Å². The molecule has 1 aliphatic heterocycles. The van der Waals surface area contributed by atoms with Gasteiger partial charge < -0.3 is 55.1 Å². The lowest BCUT2D eigenvalue weighted by molar-refractivity contribution is -0.231.